The van der Waals surface area contributed by atoms with Gasteiger partial charge in [0, 0.05) is 52.5 Å². The van der Waals surface area contributed by atoms with Crippen molar-refractivity contribution in [1.82, 2.24) is 20.4 Å². The van der Waals surface area contributed by atoms with Crippen molar-refractivity contribution in [2.75, 3.05) is 0 Å². The number of carbonyl (C=O) groups is 1. The van der Waals surface area contributed by atoms with Gasteiger partial charge in [0.2, 0.25) is 0 Å². The maximum atomic E-state index is 15.5. The smallest absolute Gasteiger partial charge is 0.256 e. The maximum absolute atomic E-state index is 15.5. The number of nitrogens with zero attached hydrogens (tertiary/aromatic N) is 3. The summed E-state index contributed by atoms with van der Waals surface area (Å²) in [6.45, 7) is 5.08. The molecule has 7 nitrogen and oxygen atoms in total. The molecule has 2 N–H and O–H groups in total. The molecule has 4 rings (SSSR count). The first kappa shape index (κ1) is 27.2. The van der Waals surface area contributed by atoms with E-state index in [1.165, 1.54) is 24.8 Å². The van der Waals surface area contributed by atoms with Crippen LogP contribution in [0.3, 0.4) is 0 Å². The standard InChI is InChI=1S/C28H26F2N4O3S/c1-16-26(17(2)37-34-16)24(35)11-28(3,12-25(38)33-27(36)18-7-5-4-6-8-18)21-9-20(22(29)10-23(21)30)19-13-31-15-32-14-19/h4-10,13-15,24,35H,11-12H2,1-3H3,(H,33,36,38)/t24-,28-/m1/s1. The van der Waals surface area contributed by atoms with E-state index < -0.39 is 29.1 Å². The van der Waals surface area contributed by atoms with Gasteiger partial charge in [-0.05, 0) is 44.0 Å². The number of aromatic nitrogens is 3. The summed E-state index contributed by atoms with van der Waals surface area (Å²) < 4.78 is 35.5. The summed E-state index contributed by atoms with van der Waals surface area (Å²) in [5.41, 5.74) is 0.776. The van der Waals surface area contributed by atoms with Gasteiger partial charge < -0.3 is 14.9 Å². The number of halogens is 2. The molecule has 0 spiro atoms. The van der Waals surface area contributed by atoms with E-state index in [-0.39, 0.29) is 29.0 Å². The zero-order valence-electron chi connectivity index (χ0n) is 21.0. The third-order valence-corrected chi connectivity index (χ3v) is 6.73. The molecule has 0 aliphatic carbocycles. The number of amides is 1. The first-order chi connectivity index (χ1) is 18.1. The second kappa shape index (κ2) is 11.2. The Morgan fingerprint density at radius 1 is 1.13 bits per heavy atom. The van der Waals surface area contributed by atoms with E-state index in [1.807, 2.05) is 0 Å². The number of hydrogen-bond acceptors (Lipinski definition) is 7. The van der Waals surface area contributed by atoms with Crippen LogP contribution in [-0.2, 0) is 5.41 Å². The summed E-state index contributed by atoms with van der Waals surface area (Å²) >= 11 is 5.52. The number of nitrogens with one attached hydrogen (secondary N) is 1. The van der Waals surface area contributed by atoms with Crippen molar-refractivity contribution >= 4 is 23.1 Å². The lowest BCUT2D eigenvalue weighted by Gasteiger charge is -2.33. The van der Waals surface area contributed by atoms with Crippen LogP contribution >= 0.6 is 12.2 Å². The zero-order chi connectivity index (χ0) is 27.4. The highest BCUT2D eigenvalue weighted by Gasteiger charge is 2.36. The lowest BCUT2D eigenvalue weighted by molar-refractivity contribution is 0.0976. The fraction of sp³-hybridized carbons (Fsp3) is 0.250. The van der Waals surface area contributed by atoms with E-state index in [1.54, 1.807) is 51.1 Å². The number of aliphatic hydroxyl groups is 1. The molecule has 0 saturated heterocycles. The fourth-order valence-electron chi connectivity index (χ4n) is 4.63. The molecule has 2 aromatic heterocycles. The van der Waals surface area contributed by atoms with Gasteiger partial charge in [0.1, 0.15) is 23.7 Å². The minimum atomic E-state index is -1.18. The molecule has 0 bridgehead atoms. The van der Waals surface area contributed by atoms with Crippen LogP contribution in [0.5, 0.6) is 0 Å². The number of rotatable bonds is 8. The van der Waals surface area contributed by atoms with Gasteiger partial charge in [0.15, 0.2) is 0 Å². The van der Waals surface area contributed by atoms with E-state index in [4.69, 9.17) is 16.7 Å². The highest BCUT2D eigenvalue weighted by atomic mass is 32.1. The molecule has 2 heterocycles. The molecular formula is C28H26F2N4O3S. The van der Waals surface area contributed by atoms with Crippen LogP contribution < -0.4 is 5.32 Å². The average molecular weight is 537 g/mol. The third kappa shape index (κ3) is 5.81. The Morgan fingerprint density at radius 3 is 2.45 bits per heavy atom. The van der Waals surface area contributed by atoms with Crippen molar-refractivity contribution < 1.29 is 23.2 Å². The van der Waals surface area contributed by atoms with E-state index in [0.29, 0.717) is 28.1 Å². The molecule has 0 fully saturated rings. The molecule has 2 aromatic carbocycles. The van der Waals surface area contributed by atoms with Crippen LogP contribution in [0, 0.1) is 25.5 Å². The summed E-state index contributed by atoms with van der Waals surface area (Å²) in [4.78, 5) is 20.7. The molecule has 0 aliphatic rings. The van der Waals surface area contributed by atoms with Crippen LogP contribution in [0.25, 0.3) is 11.1 Å². The second-order valence-corrected chi connectivity index (χ2v) is 9.87. The number of carbonyl (C=O) groups excluding carboxylic acids is 1. The van der Waals surface area contributed by atoms with Crippen molar-refractivity contribution in [3.63, 3.8) is 0 Å². The second-order valence-electron chi connectivity index (χ2n) is 9.38. The van der Waals surface area contributed by atoms with Gasteiger partial charge in [0.05, 0.1) is 16.8 Å². The van der Waals surface area contributed by atoms with E-state index in [2.05, 4.69) is 20.4 Å². The molecule has 2 atom stereocenters. The van der Waals surface area contributed by atoms with E-state index in [0.717, 1.165) is 6.07 Å². The van der Waals surface area contributed by atoms with Crippen LogP contribution in [0.15, 0.2) is 65.7 Å². The monoisotopic (exact) mass is 536 g/mol. The number of aliphatic hydroxyl groups excluding tert-OH is 1. The van der Waals surface area contributed by atoms with Gasteiger partial charge >= 0.3 is 0 Å². The summed E-state index contributed by atoms with van der Waals surface area (Å²) in [5, 5.41) is 17.8. The summed E-state index contributed by atoms with van der Waals surface area (Å²) in [6.07, 6.45) is 3.01. The largest absolute Gasteiger partial charge is 0.388 e. The van der Waals surface area contributed by atoms with Crippen molar-refractivity contribution in [2.24, 2.45) is 0 Å². The summed E-state index contributed by atoms with van der Waals surface area (Å²) in [7, 11) is 0. The fourth-order valence-corrected chi connectivity index (χ4v) is 5.04. The highest BCUT2D eigenvalue weighted by Crippen LogP contribution is 2.41. The van der Waals surface area contributed by atoms with Crippen molar-refractivity contribution in [3.8, 4) is 11.1 Å². The normalized spacial score (nSPS) is 13.5. The summed E-state index contributed by atoms with van der Waals surface area (Å²) in [6, 6.07) is 10.7. The van der Waals surface area contributed by atoms with Crippen LogP contribution in [0.1, 0.15) is 58.8 Å². The minimum absolute atomic E-state index is 0.0192. The van der Waals surface area contributed by atoms with Crippen LogP contribution in [-0.4, -0.2) is 31.1 Å². The van der Waals surface area contributed by atoms with Crippen molar-refractivity contribution in [1.29, 1.82) is 0 Å². The number of aryl methyl sites for hydroxylation is 2. The van der Waals surface area contributed by atoms with Crippen molar-refractivity contribution in [2.45, 2.75) is 45.1 Å². The molecule has 38 heavy (non-hydrogen) atoms. The SMILES string of the molecule is Cc1noc(C)c1[C@H](O)C[C@](C)(CC(=S)NC(=O)c1ccccc1)c1cc(-c2cncnc2)c(F)cc1F. The number of hydrogen-bond donors (Lipinski definition) is 2. The maximum Gasteiger partial charge on any atom is 0.256 e. The number of benzene rings is 2. The quantitative estimate of drug-likeness (QED) is 0.285. The third-order valence-electron chi connectivity index (χ3n) is 6.48. The first-order valence-electron chi connectivity index (χ1n) is 11.8. The molecular weight excluding hydrogens is 510 g/mol. The van der Waals surface area contributed by atoms with Crippen LogP contribution in [0.2, 0.25) is 0 Å². The molecule has 1 amide bonds. The Kier molecular flexibility index (Phi) is 8.03. The van der Waals surface area contributed by atoms with E-state index in [9.17, 15) is 14.3 Å². The lowest BCUT2D eigenvalue weighted by Crippen LogP contribution is -2.37. The Morgan fingerprint density at radius 2 is 1.82 bits per heavy atom. The Bertz CT molecular complexity index is 1440. The molecule has 0 aliphatic heterocycles. The lowest BCUT2D eigenvalue weighted by atomic mass is 9.73. The molecule has 0 radical (unpaired) electrons. The Hall–Kier alpha value is -3.89. The Labute approximate surface area is 223 Å². The molecule has 4 aromatic rings. The van der Waals surface area contributed by atoms with E-state index >= 15 is 4.39 Å². The van der Waals surface area contributed by atoms with Gasteiger partial charge in [-0.2, -0.15) is 0 Å². The van der Waals surface area contributed by atoms with Gasteiger partial charge in [-0.1, -0.05) is 42.5 Å². The van der Waals surface area contributed by atoms with Gasteiger partial charge in [-0.25, -0.2) is 18.7 Å². The predicted molar refractivity (Wildman–Crippen MR) is 141 cm³/mol. The molecule has 196 valence electrons. The van der Waals surface area contributed by atoms with Gasteiger partial charge in [-0.3, -0.25) is 4.79 Å². The average Bonchev–Trinajstić information content (AvgIpc) is 3.22. The van der Waals surface area contributed by atoms with Gasteiger partial charge in [-0.15, -0.1) is 0 Å². The van der Waals surface area contributed by atoms with Crippen molar-refractivity contribution in [3.05, 3.63) is 101 Å². The zero-order valence-corrected chi connectivity index (χ0v) is 21.9. The highest BCUT2D eigenvalue weighted by molar-refractivity contribution is 7.80. The topological polar surface area (TPSA) is 101 Å². The first-order valence-corrected chi connectivity index (χ1v) is 12.2. The predicted octanol–water partition coefficient (Wildman–Crippen LogP) is 5.56. The molecule has 10 heteroatoms. The van der Waals surface area contributed by atoms with Crippen LogP contribution in [0.4, 0.5) is 8.78 Å². The summed E-state index contributed by atoms with van der Waals surface area (Å²) in [5.74, 6) is -1.58. The molecule has 0 saturated carbocycles. The number of thiocarbonyl (C=S) groups is 1. The minimum Gasteiger partial charge on any atom is -0.388 e. The molecule has 0 unspecified atom stereocenters. The van der Waals surface area contributed by atoms with Gasteiger partial charge in [0.25, 0.3) is 5.91 Å². The Balaban J connectivity index is 1.74.